The summed E-state index contributed by atoms with van der Waals surface area (Å²) in [6.07, 6.45) is -0.243. The molecule has 0 saturated heterocycles. The number of ketones is 1. The molecule has 0 aliphatic carbocycles. The van der Waals surface area contributed by atoms with Crippen LogP contribution in [0.25, 0.3) is 0 Å². The number of hydrogen-bond acceptors (Lipinski definition) is 5. The van der Waals surface area contributed by atoms with Crippen molar-refractivity contribution in [2.75, 3.05) is 11.9 Å². The van der Waals surface area contributed by atoms with Gasteiger partial charge in [0.25, 0.3) is 0 Å². The largest absolute Gasteiger partial charge is 0.505 e. The minimum Gasteiger partial charge on any atom is -0.505 e. The van der Waals surface area contributed by atoms with Crippen LogP contribution in [0.15, 0.2) is 42.5 Å². The van der Waals surface area contributed by atoms with Crippen LogP contribution in [-0.4, -0.2) is 29.2 Å². The van der Waals surface area contributed by atoms with Crippen LogP contribution in [0.1, 0.15) is 43.6 Å². The van der Waals surface area contributed by atoms with E-state index in [9.17, 15) is 9.90 Å². The molecule has 26 heavy (non-hydrogen) atoms. The number of carbonyl (C=O) groups is 1. The normalized spacial score (nSPS) is 18.0. The molecule has 5 heteroatoms. The van der Waals surface area contributed by atoms with Crippen LogP contribution in [-0.2, 0) is 0 Å². The van der Waals surface area contributed by atoms with Crippen LogP contribution < -0.4 is 15.4 Å². The van der Waals surface area contributed by atoms with Crippen molar-refractivity contribution >= 4 is 11.5 Å². The van der Waals surface area contributed by atoms with E-state index in [1.807, 2.05) is 19.9 Å². The van der Waals surface area contributed by atoms with Gasteiger partial charge >= 0.3 is 0 Å². The van der Waals surface area contributed by atoms with Gasteiger partial charge in [0.15, 0.2) is 17.8 Å². The molecule has 1 aliphatic rings. The van der Waals surface area contributed by atoms with Crippen LogP contribution in [0.4, 0.5) is 5.69 Å². The zero-order chi connectivity index (χ0) is 18.9. The average molecular weight is 354 g/mol. The summed E-state index contributed by atoms with van der Waals surface area (Å²) in [7, 11) is 0. The summed E-state index contributed by atoms with van der Waals surface area (Å²) in [6, 6.07) is 12.3. The fourth-order valence-corrected chi connectivity index (χ4v) is 3.02. The van der Waals surface area contributed by atoms with E-state index in [0.29, 0.717) is 22.9 Å². The third-order valence-corrected chi connectivity index (χ3v) is 4.48. The molecule has 0 spiro atoms. The second-order valence-electron chi connectivity index (χ2n) is 7.68. The maximum Gasteiger partial charge on any atom is 0.196 e. The monoisotopic (exact) mass is 354 g/mol. The first-order valence-electron chi connectivity index (χ1n) is 8.93. The van der Waals surface area contributed by atoms with Gasteiger partial charge in [0.05, 0.1) is 11.1 Å². The van der Waals surface area contributed by atoms with Gasteiger partial charge in [0.2, 0.25) is 0 Å². The van der Waals surface area contributed by atoms with Gasteiger partial charge in [-0.15, -0.1) is 0 Å². The maximum absolute atomic E-state index is 12.7. The average Bonchev–Trinajstić information content (AvgIpc) is 2.60. The van der Waals surface area contributed by atoms with Crippen LogP contribution in [0, 0.1) is 5.92 Å². The Bertz CT molecular complexity index is 800. The van der Waals surface area contributed by atoms with E-state index in [1.165, 1.54) is 0 Å². The highest BCUT2D eigenvalue weighted by molar-refractivity contribution is 6.11. The SMILES string of the molecule is CC(C)CNC1Oc2ccc(C(=O)c3ccccc3)c(O)c2NC1(C)C. The van der Waals surface area contributed by atoms with Gasteiger partial charge < -0.3 is 15.2 Å². The highest BCUT2D eigenvalue weighted by Crippen LogP contribution is 2.43. The molecule has 2 aromatic rings. The van der Waals surface area contributed by atoms with Crippen LogP contribution in [0.5, 0.6) is 11.5 Å². The van der Waals surface area contributed by atoms with Crippen molar-refractivity contribution < 1.29 is 14.6 Å². The lowest BCUT2D eigenvalue weighted by atomic mass is 9.96. The molecule has 0 radical (unpaired) electrons. The van der Waals surface area contributed by atoms with Crippen LogP contribution >= 0.6 is 0 Å². The summed E-state index contributed by atoms with van der Waals surface area (Å²) in [5, 5.41) is 17.5. The lowest BCUT2D eigenvalue weighted by Crippen LogP contribution is -2.58. The molecule has 3 rings (SSSR count). The van der Waals surface area contributed by atoms with Gasteiger partial charge in [-0.05, 0) is 31.9 Å². The van der Waals surface area contributed by atoms with Crippen LogP contribution in [0.2, 0.25) is 0 Å². The molecule has 1 atom stereocenters. The summed E-state index contributed by atoms with van der Waals surface area (Å²) in [4.78, 5) is 12.7. The zero-order valence-electron chi connectivity index (χ0n) is 15.7. The first kappa shape index (κ1) is 18.3. The van der Waals surface area contributed by atoms with Gasteiger partial charge in [-0.2, -0.15) is 0 Å². The van der Waals surface area contributed by atoms with Crippen molar-refractivity contribution in [3.8, 4) is 11.5 Å². The number of rotatable bonds is 5. The van der Waals surface area contributed by atoms with Crippen molar-refractivity contribution in [1.29, 1.82) is 0 Å². The minimum absolute atomic E-state index is 0.0771. The maximum atomic E-state index is 12.7. The Balaban J connectivity index is 1.92. The van der Waals surface area contributed by atoms with E-state index < -0.39 is 5.54 Å². The second-order valence-corrected chi connectivity index (χ2v) is 7.68. The molecule has 1 unspecified atom stereocenters. The number of phenols is 1. The summed E-state index contributed by atoms with van der Waals surface area (Å²) >= 11 is 0. The van der Waals surface area contributed by atoms with Crippen molar-refractivity contribution in [2.24, 2.45) is 5.92 Å². The molecule has 0 aromatic heterocycles. The van der Waals surface area contributed by atoms with Gasteiger partial charge in [-0.1, -0.05) is 44.2 Å². The number of fused-ring (bicyclic) bond motifs is 1. The van der Waals surface area contributed by atoms with Crippen molar-refractivity contribution in [1.82, 2.24) is 5.32 Å². The Hall–Kier alpha value is -2.53. The predicted octanol–water partition coefficient (Wildman–Crippen LogP) is 3.78. The lowest BCUT2D eigenvalue weighted by Gasteiger charge is -2.42. The first-order valence-corrected chi connectivity index (χ1v) is 8.93. The van der Waals surface area contributed by atoms with Crippen molar-refractivity contribution in [2.45, 2.75) is 39.5 Å². The molecule has 0 fully saturated rings. The van der Waals surface area contributed by atoms with Crippen LogP contribution in [0.3, 0.4) is 0 Å². The van der Waals surface area contributed by atoms with E-state index in [0.717, 1.165) is 6.54 Å². The van der Waals surface area contributed by atoms with E-state index in [-0.39, 0.29) is 23.3 Å². The Labute approximate surface area is 154 Å². The number of carbonyl (C=O) groups excluding carboxylic acids is 1. The molecule has 0 bridgehead atoms. The number of phenolic OH excluding ortho intramolecular Hbond substituents is 1. The third-order valence-electron chi connectivity index (χ3n) is 4.48. The van der Waals surface area contributed by atoms with Gasteiger partial charge in [-0.25, -0.2) is 0 Å². The molecule has 3 N–H and O–H groups in total. The Morgan fingerprint density at radius 3 is 2.58 bits per heavy atom. The molecule has 2 aromatic carbocycles. The quantitative estimate of drug-likeness (QED) is 0.563. The number of ether oxygens (including phenoxy) is 1. The Morgan fingerprint density at radius 1 is 1.23 bits per heavy atom. The molecule has 5 nitrogen and oxygen atoms in total. The molecule has 0 saturated carbocycles. The van der Waals surface area contributed by atoms with Gasteiger partial charge in [0.1, 0.15) is 11.4 Å². The molecular weight excluding hydrogens is 328 g/mol. The number of benzene rings is 2. The number of anilines is 1. The summed E-state index contributed by atoms with van der Waals surface area (Å²) in [5.74, 6) is 0.736. The lowest BCUT2D eigenvalue weighted by molar-refractivity contribution is 0.0915. The number of nitrogens with one attached hydrogen (secondary N) is 2. The number of aromatic hydroxyl groups is 1. The van der Waals surface area contributed by atoms with Crippen molar-refractivity contribution in [3.05, 3.63) is 53.6 Å². The second kappa shape index (κ2) is 7.00. The fraction of sp³-hybridized carbons (Fsp3) is 0.381. The summed E-state index contributed by atoms with van der Waals surface area (Å²) in [6.45, 7) is 9.09. The molecule has 138 valence electrons. The summed E-state index contributed by atoms with van der Waals surface area (Å²) in [5.41, 5.74) is 0.804. The van der Waals surface area contributed by atoms with Crippen molar-refractivity contribution in [3.63, 3.8) is 0 Å². The van der Waals surface area contributed by atoms with E-state index in [4.69, 9.17) is 4.74 Å². The number of hydrogen-bond donors (Lipinski definition) is 3. The molecule has 0 amide bonds. The zero-order valence-corrected chi connectivity index (χ0v) is 15.7. The third kappa shape index (κ3) is 3.53. The van der Waals surface area contributed by atoms with E-state index in [1.54, 1.807) is 36.4 Å². The smallest absolute Gasteiger partial charge is 0.196 e. The fourth-order valence-electron chi connectivity index (χ4n) is 3.02. The van der Waals surface area contributed by atoms with E-state index >= 15 is 0 Å². The van der Waals surface area contributed by atoms with Gasteiger partial charge in [-0.3, -0.25) is 10.1 Å². The summed E-state index contributed by atoms with van der Waals surface area (Å²) < 4.78 is 6.07. The highest BCUT2D eigenvalue weighted by atomic mass is 16.5. The standard InChI is InChI=1S/C21H26N2O3/c1-13(2)12-22-20-21(3,4)23-17-16(26-20)11-10-15(19(17)25)18(24)14-8-6-5-7-9-14/h5-11,13,20,22-23,25H,12H2,1-4H3. The molecule has 1 aliphatic heterocycles. The Morgan fingerprint density at radius 2 is 1.92 bits per heavy atom. The highest BCUT2D eigenvalue weighted by Gasteiger charge is 2.38. The first-order chi connectivity index (χ1) is 12.3. The molecule has 1 heterocycles. The topological polar surface area (TPSA) is 70.6 Å². The Kier molecular flexibility index (Phi) is 4.92. The van der Waals surface area contributed by atoms with Gasteiger partial charge in [0, 0.05) is 12.1 Å². The molecular formula is C21H26N2O3. The van der Waals surface area contributed by atoms with E-state index in [2.05, 4.69) is 24.5 Å². The predicted molar refractivity (Wildman–Crippen MR) is 103 cm³/mol. The minimum atomic E-state index is -0.451.